The van der Waals surface area contributed by atoms with Gasteiger partial charge in [-0.3, -0.25) is 14.2 Å². The van der Waals surface area contributed by atoms with Crippen LogP contribution in [0.5, 0.6) is 0 Å². The Morgan fingerprint density at radius 2 is 2.00 bits per heavy atom. The minimum atomic E-state index is -0.503. The molecule has 19 heavy (non-hydrogen) atoms. The molecule has 0 spiro atoms. The third-order valence-electron chi connectivity index (χ3n) is 2.06. The number of carbonyl (C=O) groups excluding carboxylic acids is 2. The van der Waals surface area contributed by atoms with Gasteiger partial charge >= 0.3 is 5.69 Å². The molecule has 104 valence electrons. The molecule has 7 heteroatoms. The van der Waals surface area contributed by atoms with Crippen LogP contribution in [-0.4, -0.2) is 33.4 Å². The molecule has 1 heterocycles. The van der Waals surface area contributed by atoms with E-state index in [0.717, 1.165) is 4.57 Å². The lowest BCUT2D eigenvalue weighted by atomic mass is 10.1. The highest BCUT2D eigenvalue weighted by atomic mass is 16.2. The molecule has 0 fully saturated rings. The number of amides is 2. The summed E-state index contributed by atoms with van der Waals surface area (Å²) < 4.78 is 1.16. The van der Waals surface area contributed by atoms with Crippen LogP contribution in [0.25, 0.3) is 0 Å². The first-order valence-electron chi connectivity index (χ1n) is 5.87. The molecule has 2 amide bonds. The topological polar surface area (TPSA) is 93.1 Å². The lowest BCUT2D eigenvalue weighted by molar-refractivity contribution is -0.127. The molecule has 0 aliphatic rings. The van der Waals surface area contributed by atoms with E-state index in [1.165, 1.54) is 12.4 Å². The van der Waals surface area contributed by atoms with Crippen LogP contribution >= 0.6 is 0 Å². The molecule has 0 aliphatic carbocycles. The first-order valence-corrected chi connectivity index (χ1v) is 5.87. The Morgan fingerprint density at radius 3 is 2.58 bits per heavy atom. The van der Waals surface area contributed by atoms with E-state index in [9.17, 15) is 14.4 Å². The zero-order chi connectivity index (χ0) is 14.5. The number of nitrogens with zero attached hydrogens (tertiary/aromatic N) is 2. The zero-order valence-electron chi connectivity index (χ0n) is 11.3. The summed E-state index contributed by atoms with van der Waals surface area (Å²) in [6, 6.07) is 1.56. The number of carbonyl (C=O) groups is 2. The van der Waals surface area contributed by atoms with Gasteiger partial charge in [-0.15, -0.1) is 0 Å². The molecule has 2 N–H and O–H groups in total. The summed E-state index contributed by atoms with van der Waals surface area (Å²) in [6.07, 6.45) is 2.82. The number of hydrogen-bond acceptors (Lipinski definition) is 4. The normalized spacial score (nSPS) is 10.9. The van der Waals surface area contributed by atoms with Crippen LogP contribution in [-0.2, 0) is 16.1 Å². The standard InChI is InChI=1S/C12H18N4O3/c1-12(2,3)15-9(17)7-14-10(18)8-16-6-4-5-13-11(16)19/h4-6H,7-8H2,1-3H3,(H,14,18)(H,15,17). The predicted molar refractivity (Wildman–Crippen MR) is 69.4 cm³/mol. The maximum atomic E-state index is 11.6. The van der Waals surface area contributed by atoms with E-state index in [-0.39, 0.29) is 24.5 Å². The van der Waals surface area contributed by atoms with Gasteiger partial charge in [0, 0.05) is 17.9 Å². The Labute approximate surface area is 111 Å². The van der Waals surface area contributed by atoms with E-state index < -0.39 is 11.6 Å². The Bertz CT molecular complexity index is 516. The molecule has 0 saturated carbocycles. The molecule has 0 saturated heterocycles. The van der Waals surface area contributed by atoms with Gasteiger partial charge in [0.05, 0.1) is 6.54 Å². The van der Waals surface area contributed by atoms with E-state index in [2.05, 4.69) is 15.6 Å². The van der Waals surface area contributed by atoms with Gasteiger partial charge in [-0.2, -0.15) is 0 Å². The van der Waals surface area contributed by atoms with Gasteiger partial charge in [0.25, 0.3) is 0 Å². The number of nitrogens with one attached hydrogen (secondary N) is 2. The molecule has 0 atom stereocenters. The van der Waals surface area contributed by atoms with Crippen molar-refractivity contribution in [3.8, 4) is 0 Å². The second-order valence-corrected chi connectivity index (χ2v) is 5.11. The fourth-order valence-corrected chi connectivity index (χ4v) is 1.36. The highest BCUT2D eigenvalue weighted by molar-refractivity contribution is 5.84. The Hall–Kier alpha value is -2.18. The van der Waals surface area contributed by atoms with Crippen LogP contribution in [0.15, 0.2) is 23.3 Å². The monoisotopic (exact) mass is 266 g/mol. The van der Waals surface area contributed by atoms with E-state index in [1.807, 2.05) is 20.8 Å². The highest BCUT2D eigenvalue weighted by Gasteiger charge is 2.14. The molecule has 1 rings (SSSR count). The van der Waals surface area contributed by atoms with Gasteiger partial charge in [-0.1, -0.05) is 0 Å². The summed E-state index contributed by atoms with van der Waals surface area (Å²) in [5, 5.41) is 5.16. The van der Waals surface area contributed by atoms with Crippen molar-refractivity contribution in [2.45, 2.75) is 32.9 Å². The summed E-state index contributed by atoms with van der Waals surface area (Å²) in [7, 11) is 0. The summed E-state index contributed by atoms with van der Waals surface area (Å²) in [5.41, 5.74) is -0.848. The van der Waals surface area contributed by atoms with E-state index >= 15 is 0 Å². The molecule has 1 aromatic heterocycles. The van der Waals surface area contributed by atoms with Crippen LogP contribution in [0.4, 0.5) is 0 Å². The van der Waals surface area contributed by atoms with E-state index in [4.69, 9.17) is 0 Å². The average Bonchev–Trinajstić information content (AvgIpc) is 2.27. The Balaban J connectivity index is 2.43. The number of hydrogen-bond donors (Lipinski definition) is 2. The quantitative estimate of drug-likeness (QED) is 0.751. The summed E-state index contributed by atoms with van der Waals surface area (Å²) in [6.45, 7) is 5.27. The van der Waals surface area contributed by atoms with Crippen molar-refractivity contribution in [2.24, 2.45) is 0 Å². The largest absolute Gasteiger partial charge is 0.350 e. The molecular weight excluding hydrogens is 248 g/mol. The van der Waals surface area contributed by atoms with E-state index in [1.54, 1.807) is 6.07 Å². The lowest BCUT2D eigenvalue weighted by Crippen LogP contribution is -2.46. The average molecular weight is 266 g/mol. The SMILES string of the molecule is CC(C)(C)NC(=O)CNC(=O)Cn1cccnc1=O. The Kier molecular flexibility index (Phi) is 4.80. The molecule has 1 aromatic rings. The Morgan fingerprint density at radius 1 is 1.32 bits per heavy atom. The van der Waals surface area contributed by atoms with Crippen molar-refractivity contribution in [3.05, 3.63) is 28.9 Å². The molecule has 0 bridgehead atoms. The van der Waals surface area contributed by atoms with Crippen LogP contribution in [0.2, 0.25) is 0 Å². The smallest absolute Gasteiger partial charge is 0.347 e. The van der Waals surface area contributed by atoms with Crippen molar-refractivity contribution in [1.82, 2.24) is 20.2 Å². The van der Waals surface area contributed by atoms with Gasteiger partial charge < -0.3 is 10.6 Å². The van der Waals surface area contributed by atoms with Crippen LogP contribution in [0.3, 0.4) is 0 Å². The van der Waals surface area contributed by atoms with Gasteiger partial charge in [-0.05, 0) is 26.8 Å². The van der Waals surface area contributed by atoms with Crippen molar-refractivity contribution >= 4 is 11.8 Å². The van der Waals surface area contributed by atoms with Crippen molar-refractivity contribution in [2.75, 3.05) is 6.54 Å². The highest BCUT2D eigenvalue weighted by Crippen LogP contribution is 1.97. The minimum Gasteiger partial charge on any atom is -0.350 e. The first-order chi connectivity index (χ1) is 8.78. The van der Waals surface area contributed by atoms with Gasteiger partial charge in [-0.25, -0.2) is 9.78 Å². The predicted octanol–water partition coefficient (Wildman–Crippen LogP) is -0.726. The summed E-state index contributed by atoms with van der Waals surface area (Å²) >= 11 is 0. The molecule has 0 radical (unpaired) electrons. The first kappa shape index (κ1) is 14.9. The second kappa shape index (κ2) is 6.12. The maximum Gasteiger partial charge on any atom is 0.347 e. The molecule has 0 aliphatic heterocycles. The summed E-state index contributed by atoms with van der Waals surface area (Å²) in [5.74, 6) is -0.696. The van der Waals surface area contributed by atoms with Crippen molar-refractivity contribution < 1.29 is 9.59 Å². The van der Waals surface area contributed by atoms with Crippen molar-refractivity contribution in [1.29, 1.82) is 0 Å². The van der Waals surface area contributed by atoms with Crippen LogP contribution in [0, 0.1) is 0 Å². The third-order valence-corrected chi connectivity index (χ3v) is 2.06. The molecular formula is C12H18N4O3. The second-order valence-electron chi connectivity index (χ2n) is 5.11. The maximum absolute atomic E-state index is 11.6. The molecule has 7 nitrogen and oxygen atoms in total. The van der Waals surface area contributed by atoms with Crippen molar-refractivity contribution in [3.63, 3.8) is 0 Å². The minimum absolute atomic E-state index is 0.120. The third kappa shape index (κ3) is 5.80. The van der Waals surface area contributed by atoms with Crippen LogP contribution < -0.4 is 16.3 Å². The fourth-order valence-electron chi connectivity index (χ4n) is 1.36. The zero-order valence-corrected chi connectivity index (χ0v) is 11.3. The van der Waals surface area contributed by atoms with Gasteiger partial charge in [0.1, 0.15) is 6.54 Å². The molecule has 0 unspecified atom stereocenters. The van der Waals surface area contributed by atoms with E-state index in [0.29, 0.717) is 0 Å². The summed E-state index contributed by atoms with van der Waals surface area (Å²) in [4.78, 5) is 37.8. The van der Waals surface area contributed by atoms with Gasteiger partial charge in [0.15, 0.2) is 0 Å². The molecule has 0 aromatic carbocycles. The fraction of sp³-hybridized carbons (Fsp3) is 0.500. The number of aromatic nitrogens is 2. The number of rotatable bonds is 4. The van der Waals surface area contributed by atoms with Crippen LogP contribution in [0.1, 0.15) is 20.8 Å². The van der Waals surface area contributed by atoms with Gasteiger partial charge in [0.2, 0.25) is 11.8 Å². The lowest BCUT2D eigenvalue weighted by Gasteiger charge is -2.20.